The molecule has 0 aromatic carbocycles. The van der Waals surface area contributed by atoms with E-state index in [-0.39, 0.29) is 12.0 Å². The zero-order valence-electron chi connectivity index (χ0n) is 11.1. The molecule has 0 fully saturated rings. The number of ether oxygens (including phenoxy) is 1. The Labute approximate surface area is 126 Å². The van der Waals surface area contributed by atoms with Crippen molar-refractivity contribution in [3.8, 4) is 0 Å². The lowest BCUT2D eigenvalue weighted by Gasteiger charge is -2.25. The van der Waals surface area contributed by atoms with Crippen molar-refractivity contribution in [2.24, 2.45) is 0 Å². The van der Waals surface area contributed by atoms with Crippen molar-refractivity contribution < 1.29 is 9.53 Å². The number of hydrogen-bond acceptors (Lipinski definition) is 4. The average Bonchev–Trinajstić information content (AvgIpc) is 3.07. The lowest BCUT2D eigenvalue weighted by Crippen LogP contribution is -2.27. The summed E-state index contributed by atoms with van der Waals surface area (Å²) in [6, 6.07) is 3.79. The molecule has 1 unspecified atom stereocenters. The molecular formula is C14H15ClN2O2S. The van der Waals surface area contributed by atoms with Gasteiger partial charge >= 0.3 is 5.97 Å². The van der Waals surface area contributed by atoms with Crippen LogP contribution in [-0.4, -0.2) is 22.6 Å². The summed E-state index contributed by atoms with van der Waals surface area (Å²) in [7, 11) is 1.42. The Morgan fingerprint density at radius 2 is 2.50 bits per heavy atom. The Kier molecular flexibility index (Phi) is 3.81. The third-order valence-corrected chi connectivity index (χ3v) is 4.80. The molecule has 0 radical (unpaired) electrons. The predicted octanol–water partition coefficient (Wildman–Crippen LogP) is 3.24. The van der Waals surface area contributed by atoms with Crippen molar-refractivity contribution in [1.29, 1.82) is 0 Å². The van der Waals surface area contributed by atoms with Crippen LogP contribution >= 0.6 is 22.9 Å². The van der Waals surface area contributed by atoms with Gasteiger partial charge in [0, 0.05) is 11.3 Å². The van der Waals surface area contributed by atoms with Gasteiger partial charge in [-0.15, -0.1) is 11.3 Å². The molecular weight excluding hydrogens is 296 g/mol. The van der Waals surface area contributed by atoms with Crippen molar-refractivity contribution in [3.63, 3.8) is 0 Å². The van der Waals surface area contributed by atoms with Gasteiger partial charge in [-0.2, -0.15) is 0 Å². The van der Waals surface area contributed by atoms with Crippen LogP contribution in [0, 0.1) is 0 Å². The number of hydrogen-bond donors (Lipinski definition) is 0. The molecule has 3 heterocycles. The number of fused-ring (bicyclic) bond motifs is 1. The summed E-state index contributed by atoms with van der Waals surface area (Å²) in [4.78, 5) is 17.7. The van der Waals surface area contributed by atoms with Gasteiger partial charge in [0.05, 0.1) is 12.8 Å². The van der Waals surface area contributed by atoms with E-state index in [1.807, 2.05) is 16.0 Å². The molecule has 0 bridgehead atoms. The molecule has 2 aromatic rings. The summed E-state index contributed by atoms with van der Waals surface area (Å²) in [5, 5.41) is 2.56. The maximum absolute atomic E-state index is 12.0. The third kappa shape index (κ3) is 2.36. The monoisotopic (exact) mass is 310 g/mol. The molecule has 0 saturated heterocycles. The Hall–Kier alpha value is -1.33. The summed E-state index contributed by atoms with van der Waals surface area (Å²) in [5.41, 5.74) is 0.958. The summed E-state index contributed by atoms with van der Waals surface area (Å²) in [6.07, 6.45) is 3.28. The van der Waals surface area contributed by atoms with Crippen molar-refractivity contribution in [2.45, 2.75) is 31.7 Å². The molecule has 0 N–H and O–H groups in total. The fourth-order valence-corrected chi connectivity index (χ4v) is 3.71. The highest BCUT2D eigenvalue weighted by atomic mass is 35.5. The first kappa shape index (κ1) is 13.6. The van der Waals surface area contributed by atoms with E-state index < -0.39 is 0 Å². The zero-order chi connectivity index (χ0) is 14.1. The molecule has 0 amide bonds. The molecule has 106 valence electrons. The maximum atomic E-state index is 12.0. The summed E-state index contributed by atoms with van der Waals surface area (Å²) in [5.74, 6) is 0.634. The molecule has 2 aromatic heterocycles. The SMILES string of the molecule is COC(=O)C1CCCc2c(Cl)nc(Cc3cccs3)n21. The fraction of sp³-hybridized carbons (Fsp3) is 0.429. The minimum atomic E-state index is -0.293. The van der Waals surface area contributed by atoms with E-state index in [0.717, 1.165) is 30.8 Å². The molecule has 4 nitrogen and oxygen atoms in total. The lowest BCUT2D eigenvalue weighted by atomic mass is 10.0. The lowest BCUT2D eigenvalue weighted by molar-refractivity contribution is -0.145. The molecule has 1 aliphatic rings. The van der Waals surface area contributed by atoms with E-state index >= 15 is 0 Å². The van der Waals surface area contributed by atoms with Crippen molar-refractivity contribution in [1.82, 2.24) is 9.55 Å². The molecule has 0 saturated carbocycles. The number of esters is 1. The second-order valence-corrected chi connectivity index (χ2v) is 6.21. The van der Waals surface area contributed by atoms with E-state index in [1.54, 1.807) is 11.3 Å². The van der Waals surface area contributed by atoms with Crippen LogP contribution in [-0.2, 0) is 22.4 Å². The number of carbonyl (C=O) groups is 1. The van der Waals surface area contributed by atoms with Crippen LogP contribution in [0.25, 0.3) is 0 Å². The van der Waals surface area contributed by atoms with Gasteiger partial charge in [0.2, 0.25) is 0 Å². The smallest absolute Gasteiger partial charge is 0.328 e. The Morgan fingerprint density at radius 1 is 1.65 bits per heavy atom. The van der Waals surface area contributed by atoms with Crippen LogP contribution in [0.1, 0.15) is 35.3 Å². The summed E-state index contributed by atoms with van der Waals surface area (Å²) >= 11 is 7.92. The largest absolute Gasteiger partial charge is 0.467 e. The molecule has 1 aliphatic heterocycles. The average molecular weight is 311 g/mol. The number of thiophene rings is 1. The Balaban J connectivity index is 2.01. The molecule has 6 heteroatoms. The van der Waals surface area contributed by atoms with Gasteiger partial charge in [-0.1, -0.05) is 17.7 Å². The van der Waals surface area contributed by atoms with Gasteiger partial charge < -0.3 is 9.30 Å². The second kappa shape index (κ2) is 5.58. The van der Waals surface area contributed by atoms with Crippen LogP contribution < -0.4 is 0 Å². The predicted molar refractivity (Wildman–Crippen MR) is 78.4 cm³/mol. The minimum Gasteiger partial charge on any atom is -0.467 e. The zero-order valence-corrected chi connectivity index (χ0v) is 12.7. The normalized spacial score (nSPS) is 17.8. The van der Waals surface area contributed by atoms with E-state index in [0.29, 0.717) is 11.6 Å². The minimum absolute atomic E-state index is 0.215. The number of rotatable bonds is 3. The van der Waals surface area contributed by atoms with Crippen molar-refractivity contribution in [3.05, 3.63) is 39.1 Å². The first-order valence-electron chi connectivity index (χ1n) is 6.56. The topological polar surface area (TPSA) is 44.1 Å². The number of halogens is 1. The van der Waals surface area contributed by atoms with Gasteiger partial charge in [-0.25, -0.2) is 9.78 Å². The van der Waals surface area contributed by atoms with Gasteiger partial charge in [0.1, 0.15) is 11.9 Å². The number of imidazole rings is 1. The highest BCUT2D eigenvalue weighted by molar-refractivity contribution is 7.09. The standard InChI is InChI=1S/C14H15ClN2O2S/c1-19-14(18)11-6-2-5-10-13(15)16-12(17(10)11)8-9-4-3-7-20-9/h3-4,7,11H,2,5-6,8H2,1H3. The van der Waals surface area contributed by atoms with Crippen LogP contribution in [0.2, 0.25) is 5.15 Å². The van der Waals surface area contributed by atoms with Crippen LogP contribution in [0.4, 0.5) is 0 Å². The van der Waals surface area contributed by atoms with E-state index in [1.165, 1.54) is 12.0 Å². The molecule has 0 spiro atoms. The van der Waals surface area contributed by atoms with Gasteiger partial charge in [-0.05, 0) is 30.7 Å². The summed E-state index contributed by atoms with van der Waals surface area (Å²) in [6.45, 7) is 0. The van der Waals surface area contributed by atoms with E-state index in [2.05, 4.69) is 11.1 Å². The number of methoxy groups -OCH3 is 1. The van der Waals surface area contributed by atoms with E-state index in [4.69, 9.17) is 16.3 Å². The fourth-order valence-electron chi connectivity index (χ4n) is 2.72. The molecule has 20 heavy (non-hydrogen) atoms. The van der Waals surface area contributed by atoms with Crippen LogP contribution in [0.3, 0.4) is 0 Å². The Bertz CT molecular complexity index is 621. The van der Waals surface area contributed by atoms with Crippen molar-refractivity contribution >= 4 is 28.9 Å². The molecule has 0 aliphatic carbocycles. The number of carbonyl (C=O) groups excluding carboxylic acids is 1. The van der Waals surface area contributed by atoms with Crippen molar-refractivity contribution in [2.75, 3.05) is 7.11 Å². The quantitative estimate of drug-likeness (QED) is 0.818. The Morgan fingerprint density at radius 3 is 3.20 bits per heavy atom. The highest BCUT2D eigenvalue weighted by Crippen LogP contribution is 2.33. The van der Waals surface area contributed by atoms with Crippen LogP contribution in [0.5, 0.6) is 0 Å². The third-order valence-electron chi connectivity index (χ3n) is 3.62. The highest BCUT2D eigenvalue weighted by Gasteiger charge is 2.31. The van der Waals surface area contributed by atoms with E-state index in [9.17, 15) is 4.79 Å². The second-order valence-electron chi connectivity index (χ2n) is 4.82. The maximum Gasteiger partial charge on any atom is 0.328 e. The number of nitrogens with zero attached hydrogens (tertiary/aromatic N) is 2. The first-order chi connectivity index (χ1) is 9.70. The van der Waals surface area contributed by atoms with Gasteiger partial charge in [0.25, 0.3) is 0 Å². The van der Waals surface area contributed by atoms with Crippen LogP contribution in [0.15, 0.2) is 17.5 Å². The molecule has 1 atom stereocenters. The number of aromatic nitrogens is 2. The molecule has 3 rings (SSSR count). The first-order valence-corrected chi connectivity index (χ1v) is 7.82. The van der Waals surface area contributed by atoms with Gasteiger partial charge in [0.15, 0.2) is 5.15 Å². The summed E-state index contributed by atoms with van der Waals surface area (Å²) < 4.78 is 6.90. The van der Waals surface area contributed by atoms with Gasteiger partial charge in [-0.3, -0.25) is 0 Å².